The number of nitrogens with zero attached hydrogens (tertiary/aromatic N) is 3. The van der Waals surface area contributed by atoms with Crippen molar-refractivity contribution in [2.45, 2.75) is 63.7 Å². The normalized spacial score (nSPS) is 17.4. The Kier molecular flexibility index (Phi) is 6.13. The molecule has 2 aromatic heterocycles. The van der Waals surface area contributed by atoms with Gasteiger partial charge in [0.2, 0.25) is 0 Å². The number of anilines is 1. The van der Waals surface area contributed by atoms with Crippen LogP contribution in [-0.2, 0) is 6.61 Å². The van der Waals surface area contributed by atoms with Gasteiger partial charge in [0.25, 0.3) is 0 Å². The monoisotopic (exact) mass is 468 g/mol. The highest BCUT2D eigenvalue weighted by molar-refractivity contribution is 5.73. The number of ether oxygens (including phenoxy) is 1. The Hall–Kier alpha value is -3.38. The molecule has 1 unspecified atom stereocenters. The summed E-state index contributed by atoms with van der Waals surface area (Å²) in [5.74, 6) is 1.63. The first-order valence-electron chi connectivity index (χ1n) is 12.8. The fourth-order valence-corrected chi connectivity index (χ4v) is 5.20. The molecule has 0 spiro atoms. The number of aliphatic hydroxyl groups is 1. The van der Waals surface area contributed by atoms with Crippen LogP contribution in [-0.4, -0.2) is 25.9 Å². The number of aromatic nitrogens is 3. The Bertz CT molecular complexity index is 1280. The number of fused-ring (bicyclic) bond motifs is 1. The van der Waals surface area contributed by atoms with Crippen LogP contribution in [0.5, 0.6) is 5.75 Å². The quantitative estimate of drug-likeness (QED) is 0.303. The first-order chi connectivity index (χ1) is 17.3. The molecule has 2 saturated carbocycles. The lowest BCUT2D eigenvalue weighted by atomic mass is 9.84. The molecule has 2 fully saturated rings. The molecule has 2 aliphatic rings. The Morgan fingerprint density at radius 2 is 1.71 bits per heavy atom. The van der Waals surface area contributed by atoms with Gasteiger partial charge in [-0.2, -0.15) is 5.10 Å². The number of benzene rings is 2. The molecule has 2 heterocycles. The molecule has 1 atom stereocenters. The summed E-state index contributed by atoms with van der Waals surface area (Å²) < 4.78 is 8.01. The van der Waals surface area contributed by atoms with Crippen molar-refractivity contribution in [1.29, 1.82) is 0 Å². The summed E-state index contributed by atoms with van der Waals surface area (Å²) in [4.78, 5) is 4.80. The van der Waals surface area contributed by atoms with E-state index in [1.807, 2.05) is 47.2 Å². The van der Waals surface area contributed by atoms with Crippen LogP contribution in [0.15, 0.2) is 67.0 Å². The zero-order valence-corrected chi connectivity index (χ0v) is 19.9. The molecule has 180 valence electrons. The first kappa shape index (κ1) is 22.1. The van der Waals surface area contributed by atoms with Crippen molar-refractivity contribution in [3.05, 3.63) is 78.2 Å². The number of aliphatic hydroxyl groups excluding tert-OH is 1. The molecule has 0 saturated heterocycles. The molecule has 2 N–H and O–H groups in total. The summed E-state index contributed by atoms with van der Waals surface area (Å²) in [6.07, 6.45) is 11.5. The standard InChI is InChI=1S/C29H32N4O2/c34-29(23-11-12-23)32-26-18-31-33-27(22-9-5-2-6-10-22)25(17-30-28(26)33)21-13-15-24(16-14-21)35-19-20-7-3-1-4-8-20/h1,3-4,7-8,13-18,22-23,29,32,34H,2,5-6,9-12,19H2. The number of hydrogen-bond donors (Lipinski definition) is 2. The Balaban J connectivity index is 1.31. The van der Waals surface area contributed by atoms with Crippen molar-refractivity contribution < 1.29 is 9.84 Å². The second kappa shape index (κ2) is 9.70. The minimum atomic E-state index is -0.536. The van der Waals surface area contributed by atoms with E-state index in [-0.39, 0.29) is 0 Å². The van der Waals surface area contributed by atoms with Gasteiger partial charge in [0.05, 0.1) is 11.9 Å². The maximum absolute atomic E-state index is 10.4. The van der Waals surface area contributed by atoms with Crippen LogP contribution in [0.4, 0.5) is 5.69 Å². The molecule has 6 rings (SSSR count). The number of rotatable bonds is 8. The lowest BCUT2D eigenvalue weighted by molar-refractivity contribution is 0.180. The van der Waals surface area contributed by atoms with Gasteiger partial charge in [-0.1, -0.05) is 61.7 Å². The van der Waals surface area contributed by atoms with Crippen molar-refractivity contribution in [3.63, 3.8) is 0 Å². The van der Waals surface area contributed by atoms with Crippen molar-refractivity contribution in [3.8, 4) is 16.9 Å². The van der Waals surface area contributed by atoms with Gasteiger partial charge < -0.3 is 15.2 Å². The van der Waals surface area contributed by atoms with Gasteiger partial charge >= 0.3 is 0 Å². The molecule has 6 heteroatoms. The van der Waals surface area contributed by atoms with Gasteiger partial charge in [-0.05, 0) is 48.9 Å². The molecule has 0 bridgehead atoms. The maximum Gasteiger partial charge on any atom is 0.178 e. The third-order valence-electron chi connectivity index (χ3n) is 7.34. The zero-order valence-electron chi connectivity index (χ0n) is 19.9. The highest BCUT2D eigenvalue weighted by atomic mass is 16.5. The molecule has 2 aromatic carbocycles. The SMILES string of the molecule is OC(Nc1cnn2c(C3CCCCC3)c(-c3ccc(OCc4ccccc4)cc3)cnc12)C1CC1. The minimum absolute atomic E-state index is 0.338. The number of hydrogen-bond acceptors (Lipinski definition) is 5. The topological polar surface area (TPSA) is 71.7 Å². The fourth-order valence-electron chi connectivity index (χ4n) is 5.20. The molecular formula is C29H32N4O2. The molecule has 2 aliphatic carbocycles. The molecule has 4 aromatic rings. The molecular weight excluding hydrogens is 436 g/mol. The fraction of sp³-hybridized carbons (Fsp3) is 0.379. The second-order valence-corrected chi connectivity index (χ2v) is 9.91. The van der Waals surface area contributed by atoms with E-state index in [4.69, 9.17) is 14.8 Å². The van der Waals surface area contributed by atoms with Crippen LogP contribution in [0, 0.1) is 5.92 Å². The van der Waals surface area contributed by atoms with Crippen LogP contribution < -0.4 is 10.1 Å². The van der Waals surface area contributed by atoms with Crippen LogP contribution in [0.25, 0.3) is 16.8 Å². The van der Waals surface area contributed by atoms with Gasteiger partial charge in [0, 0.05) is 23.6 Å². The lowest BCUT2D eigenvalue weighted by Gasteiger charge is -2.25. The van der Waals surface area contributed by atoms with E-state index >= 15 is 0 Å². The second-order valence-electron chi connectivity index (χ2n) is 9.91. The predicted molar refractivity (Wildman–Crippen MR) is 137 cm³/mol. The van der Waals surface area contributed by atoms with Gasteiger partial charge in [-0.3, -0.25) is 0 Å². The summed E-state index contributed by atoms with van der Waals surface area (Å²) in [6, 6.07) is 18.5. The first-order valence-corrected chi connectivity index (χ1v) is 12.8. The smallest absolute Gasteiger partial charge is 0.178 e. The van der Waals surface area contributed by atoms with Gasteiger partial charge in [-0.15, -0.1) is 0 Å². The van der Waals surface area contributed by atoms with E-state index in [1.54, 1.807) is 0 Å². The highest BCUT2D eigenvalue weighted by Crippen LogP contribution is 2.39. The molecule has 6 nitrogen and oxygen atoms in total. The van der Waals surface area contributed by atoms with E-state index in [0.29, 0.717) is 18.4 Å². The van der Waals surface area contributed by atoms with Gasteiger partial charge in [-0.25, -0.2) is 9.50 Å². The summed E-state index contributed by atoms with van der Waals surface area (Å²) >= 11 is 0. The Morgan fingerprint density at radius 3 is 2.46 bits per heavy atom. The molecule has 0 aliphatic heterocycles. The van der Waals surface area contributed by atoms with Crippen LogP contribution in [0.3, 0.4) is 0 Å². The molecule has 0 radical (unpaired) electrons. The third kappa shape index (κ3) is 4.76. The van der Waals surface area contributed by atoms with E-state index in [0.717, 1.165) is 59.5 Å². The average molecular weight is 469 g/mol. The van der Waals surface area contributed by atoms with Crippen LogP contribution in [0.1, 0.15) is 62.1 Å². The molecule has 35 heavy (non-hydrogen) atoms. The van der Waals surface area contributed by atoms with E-state index in [1.165, 1.54) is 25.0 Å². The lowest BCUT2D eigenvalue weighted by Crippen LogP contribution is -2.20. The third-order valence-corrected chi connectivity index (χ3v) is 7.34. The highest BCUT2D eigenvalue weighted by Gasteiger charge is 2.31. The van der Waals surface area contributed by atoms with Gasteiger partial charge in [0.15, 0.2) is 5.65 Å². The van der Waals surface area contributed by atoms with Crippen molar-refractivity contribution >= 4 is 11.3 Å². The summed E-state index contributed by atoms with van der Waals surface area (Å²) in [6.45, 7) is 0.552. The summed E-state index contributed by atoms with van der Waals surface area (Å²) in [7, 11) is 0. The van der Waals surface area contributed by atoms with Crippen LogP contribution in [0.2, 0.25) is 0 Å². The summed E-state index contributed by atoms with van der Waals surface area (Å²) in [5, 5.41) is 18.4. The van der Waals surface area contributed by atoms with E-state index in [2.05, 4.69) is 29.6 Å². The van der Waals surface area contributed by atoms with E-state index in [9.17, 15) is 5.11 Å². The molecule has 0 amide bonds. The summed E-state index contributed by atoms with van der Waals surface area (Å²) in [5.41, 5.74) is 6.21. The van der Waals surface area contributed by atoms with Gasteiger partial charge in [0.1, 0.15) is 24.3 Å². The Labute approximate surface area is 206 Å². The average Bonchev–Trinajstić information content (AvgIpc) is 3.70. The zero-order chi connectivity index (χ0) is 23.6. The minimum Gasteiger partial charge on any atom is -0.489 e. The largest absolute Gasteiger partial charge is 0.489 e. The van der Waals surface area contributed by atoms with Crippen molar-refractivity contribution in [2.75, 3.05) is 5.32 Å². The predicted octanol–water partition coefficient (Wildman–Crippen LogP) is 6.16. The van der Waals surface area contributed by atoms with E-state index < -0.39 is 6.23 Å². The number of nitrogens with one attached hydrogen (secondary N) is 1. The van der Waals surface area contributed by atoms with Crippen LogP contribution >= 0.6 is 0 Å². The Morgan fingerprint density at radius 1 is 0.943 bits per heavy atom. The maximum atomic E-state index is 10.4. The van der Waals surface area contributed by atoms with Crippen molar-refractivity contribution in [1.82, 2.24) is 14.6 Å². The van der Waals surface area contributed by atoms with Crippen molar-refractivity contribution in [2.24, 2.45) is 5.92 Å².